The van der Waals surface area contributed by atoms with Crippen molar-refractivity contribution in [3.63, 3.8) is 0 Å². The molecule has 1 fully saturated rings. The van der Waals surface area contributed by atoms with E-state index in [-0.39, 0.29) is 6.42 Å². The Morgan fingerprint density at radius 1 is 0.530 bits per heavy atom. The Hall–Kier alpha value is -1.41. The predicted octanol–water partition coefficient (Wildman–Crippen LogP) is 11.0. The van der Waals surface area contributed by atoms with Gasteiger partial charge in [0.2, 0.25) is 5.91 Å². The van der Waals surface area contributed by atoms with E-state index < -0.39 is 74.2 Å². The fourth-order valence-corrected chi connectivity index (χ4v) is 8.94. The third-order valence-electron chi connectivity index (χ3n) is 13.5. The van der Waals surface area contributed by atoms with E-state index in [4.69, 9.17) is 9.47 Å². The number of rotatable bonds is 47. The molecular formula is C55H105NO10. The van der Waals surface area contributed by atoms with Crippen LogP contribution in [0.5, 0.6) is 0 Å². The fourth-order valence-electron chi connectivity index (χ4n) is 8.94. The zero-order chi connectivity index (χ0) is 48.3. The highest BCUT2D eigenvalue weighted by Gasteiger charge is 2.44. The molecular weight excluding hydrogens is 835 g/mol. The van der Waals surface area contributed by atoms with Crippen LogP contribution in [-0.4, -0.2) is 110 Å². The highest BCUT2D eigenvalue weighted by molar-refractivity contribution is 5.80. The summed E-state index contributed by atoms with van der Waals surface area (Å²) in [6, 6.07) is -1.17. The average molecular weight is 940 g/mol. The van der Waals surface area contributed by atoms with Gasteiger partial charge in [0.05, 0.1) is 25.4 Å². The number of carbonyl (C=O) groups excluding carboxylic acids is 1. The van der Waals surface area contributed by atoms with Crippen molar-refractivity contribution in [2.24, 2.45) is 0 Å². The first-order valence-electron chi connectivity index (χ1n) is 27.7. The Labute approximate surface area is 404 Å². The molecule has 1 saturated heterocycles. The molecule has 0 aromatic rings. The second-order valence-corrected chi connectivity index (χ2v) is 19.7. The van der Waals surface area contributed by atoms with Gasteiger partial charge in [0.25, 0.3) is 0 Å². The summed E-state index contributed by atoms with van der Waals surface area (Å²) >= 11 is 0. The van der Waals surface area contributed by atoms with E-state index in [1.54, 1.807) is 0 Å². The van der Waals surface area contributed by atoms with E-state index in [0.717, 1.165) is 51.4 Å². The van der Waals surface area contributed by atoms with Gasteiger partial charge < -0.3 is 50.5 Å². The van der Waals surface area contributed by atoms with Gasteiger partial charge in [0, 0.05) is 0 Å². The molecule has 0 saturated carbocycles. The zero-order valence-electron chi connectivity index (χ0n) is 42.4. The summed E-state index contributed by atoms with van der Waals surface area (Å²) in [6.45, 7) is 3.46. The van der Waals surface area contributed by atoms with E-state index in [0.29, 0.717) is 19.3 Å². The summed E-state index contributed by atoms with van der Waals surface area (Å²) in [6.07, 6.45) is 40.9. The van der Waals surface area contributed by atoms with E-state index in [1.807, 2.05) is 0 Å². The molecule has 0 spiro atoms. The van der Waals surface area contributed by atoms with Gasteiger partial charge in [-0.05, 0) is 44.9 Å². The summed E-state index contributed by atoms with van der Waals surface area (Å²) in [4.78, 5) is 13.1. The largest absolute Gasteiger partial charge is 0.394 e. The lowest BCUT2D eigenvalue weighted by atomic mass is 9.98. The zero-order valence-corrected chi connectivity index (χ0v) is 42.4. The molecule has 390 valence electrons. The number of aliphatic hydroxyl groups is 7. The van der Waals surface area contributed by atoms with Gasteiger partial charge in [0.1, 0.15) is 36.6 Å². The van der Waals surface area contributed by atoms with E-state index >= 15 is 0 Å². The Kier molecular flexibility index (Phi) is 42.5. The molecule has 0 aromatic heterocycles. The van der Waals surface area contributed by atoms with Crippen molar-refractivity contribution in [3.05, 3.63) is 24.3 Å². The van der Waals surface area contributed by atoms with Crippen molar-refractivity contribution >= 4 is 5.91 Å². The number of unbranched alkanes of at least 4 members (excludes halogenated alkanes) is 31. The smallest absolute Gasteiger partial charge is 0.249 e. The number of nitrogens with one attached hydrogen (secondary N) is 1. The van der Waals surface area contributed by atoms with Gasteiger partial charge in [0.15, 0.2) is 6.29 Å². The summed E-state index contributed by atoms with van der Waals surface area (Å²) < 4.78 is 11.1. The van der Waals surface area contributed by atoms with Crippen molar-refractivity contribution in [1.82, 2.24) is 5.32 Å². The third-order valence-corrected chi connectivity index (χ3v) is 13.5. The monoisotopic (exact) mass is 940 g/mol. The Balaban J connectivity index is 2.29. The summed E-state index contributed by atoms with van der Waals surface area (Å²) in [5.74, 6) is -0.698. The SMILES string of the molecule is CCCCCCCCCCC/C=C\C/C=C\CCCCCCCCCCCCC(O)C(=O)NC(COC1OC(CO)C(O)C(O)C1O)C(O)C(O)CCCCCCCCCCCCCCC. The molecule has 1 aliphatic heterocycles. The number of aliphatic hydroxyl groups excluding tert-OH is 7. The highest BCUT2D eigenvalue weighted by Crippen LogP contribution is 2.23. The molecule has 1 aliphatic rings. The lowest BCUT2D eigenvalue weighted by Gasteiger charge is -2.40. The number of hydrogen-bond acceptors (Lipinski definition) is 10. The van der Waals surface area contributed by atoms with E-state index in [1.165, 1.54) is 161 Å². The Bertz CT molecular complexity index is 1120. The second-order valence-electron chi connectivity index (χ2n) is 19.7. The number of allylic oxidation sites excluding steroid dienone is 4. The van der Waals surface area contributed by atoms with Crippen LogP contribution in [0.3, 0.4) is 0 Å². The minimum absolute atomic E-state index is 0.258. The van der Waals surface area contributed by atoms with E-state index in [9.17, 15) is 40.5 Å². The Morgan fingerprint density at radius 3 is 1.35 bits per heavy atom. The molecule has 11 nitrogen and oxygen atoms in total. The predicted molar refractivity (Wildman–Crippen MR) is 270 cm³/mol. The van der Waals surface area contributed by atoms with Crippen LogP contribution in [0.15, 0.2) is 24.3 Å². The molecule has 0 bridgehead atoms. The molecule has 1 amide bonds. The van der Waals surface area contributed by atoms with Crippen LogP contribution in [0.2, 0.25) is 0 Å². The van der Waals surface area contributed by atoms with Crippen LogP contribution in [0, 0.1) is 0 Å². The van der Waals surface area contributed by atoms with Gasteiger partial charge in [-0.3, -0.25) is 4.79 Å². The molecule has 11 heteroatoms. The molecule has 9 unspecified atom stereocenters. The summed E-state index contributed by atoms with van der Waals surface area (Å²) in [5, 5.41) is 75.9. The van der Waals surface area contributed by atoms with Crippen LogP contribution in [0.4, 0.5) is 0 Å². The first-order valence-corrected chi connectivity index (χ1v) is 27.7. The quantitative estimate of drug-likeness (QED) is 0.0215. The van der Waals surface area contributed by atoms with Gasteiger partial charge >= 0.3 is 0 Å². The van der Waals surface area contributed by atoms with Crippen LogP contribution in [0.25, 0.3) is 0 Å². The molecule has 1 rings (SSSR count). The maximum Gasteiger partial charge on any atom is 0.249 e. The molecule has 8 N–H and O–H groups in total. The first kappa shape index (κ1) is 62.6. The highest BCUT2D eigenvalue weighted by atomic mass is 16.7. The molecule has 0 aliphatic carbocycles. The van der Waals surface area contributed by atoms with Crippen molar-refractivity contribution < 1.29 is 50.0 Å². The van der Waals surface area contributed by atoms with Crippen molar-refractivity contribution in [3.8, 4) is 0 Å². The molecule has 9 atom stereocenters. The van der Waals surface area contributed by atoms with Gasteiger partial charge in [-0.15, -0.1) is 0 Å². The minimum atomic E-state index is -1.66. The molecule has 0 radical (unpaired) electrons. The number of hydrogen-bond donors (Lipinski definition) is 8. The lowest BCUT2D eigenvalue weighted by molar-refractivity contribution is -0.303. The van der Waals surface area contributed by atoms with Gasteiger partial charge in [-0.2, -0.15) is 0 Å². The van der Waals surface area contributed by atoms with Gasteiger partial charge in [-0.1, -0.05) is 231 Å². The van der Waals surface area contributed by atoms with Gasteiger partial charge in [-0.25, -0.2) is 0 Å². The van der Waals surface area contributed by atoms with Crippen LogP contribution < -0.4 is 5.32 Å². The first-order chi connectivity index (χ1) is 32.2. The molecule has 0 aromatic carbocycles. The van der Waals surface area contributed by atoms with Crippen molar-refractivity contribution in [2.75, 3.05) is 13.2 Å². The third kappa shape index (κ3) is 33.2. The number of carbonyl (C=O) groups is 1. The Morgan fingerprint density at radius 2 is 0.924 bits per heavy atom. The minimum Gasteiger partial charge on any atom is -0.394 e. The van der Waals surface area contributed by atoms with E-state index in [2.05, 4.69) is 43.5 Å². The second kappa shape index (κ2) is 44.8. The lowest BCUT2D eigenvalue weighted by Crippen LogP contribution is -2.60. The standard InChI is InChI=1S/C55H105NO10/c1-3-5-7-9-11-13-15-17-18-19-20-21-22-23-24-25-26-27-28-29-31-33-35-37-39-41-43-48(59)54(64)56-46(45-65-55-53(63)52(62)51(61)49(44-57)66-55)50(60)47(58)42-40-38-36-34-32-30-16-14-12-10-8-6-4-2/h20-21,23-24,46-53,55,57-63H,3-19,22,25-45H2,1-2H3,(H,56,64)/b21-20-,24-23-. The maximum absolute atomic E-state index is 13.1. The topological polar surface area (TPSA) is 189 Å². The number of amides is 1. The van der Waals surface area contributed by atoms with Crippen LogP contribution in [-0.2, 0) is 14.3 Å². The number of ether oxygens (including phenoxy) is 2. The summed E-state index contributed by atoms with van der Waals surface area (Å²) in [5.41, 5.74) is 0. The molecule has 66 heavy (non-hydrogen) atoms. The summed E-state index contributed by atoms with van der Waals surface area (Å²) in [7, 11) is 0. The van der Waals surface area contributed by atoms with Crippen molar-refractivity contribution in [1.29, 1.82) is 0 Å². The normalized spacial score (nSPS) is 20.9. The van der Waals surface area contributed by atoms with Crippen LogP contribution in [0.1, 0.15) is 251 Å². The van der Waals surface area contributed by atoms with Crippen LogP contribution >= 0.6 is 0 Å². The van der Waals surface area contributed by atoms with Crippen molar-refractivity contribution in [2.45, 2.75) is 306 Å². The average Bonchev–Trinajstić information content (AvgIpc) is 3.32. The maximum atomic E-state index is 13.1. The molecule has 1 heterocycles. The fraction of sp³-hybridized carbons (Fsp3) is 0.909.